The van der Waals surface area contributed by atoms with Crippen LogP contribution < -0.4 is 0 Å². The smallest absolute Gasteiger partial charge is 0.339 e. The number of methoxy groups -OCH3 is 1. The fourth-order valence-corrected chi connectivity index (χ4v) is 9.58. The van der Waals surface area contributed by atoms with Crippen LogP contribution in [0.4, 0.5) is 0 Å². The Morgan fingerprint density at radius 3 is 2.39 bits per heavy atom. The second-order valence-corrected chi connectivity index (χ2v) is 14.7. The van der Waals surface area contributed by atoms with E-state index in [9.17, 15) is 34.8 Å². The maximum absolute atomic E-state index is 14.2. The molecular weight excluding hydrogens is 604 g/mol. The molecule has 5 aliphatic rings. The molecule has 4 fully saturated rings. The quantitative estimate of drug-likeness (QED) is 0.244. The number of aliphatic hydroxyl groups excluding tert-OH is 4. The molecule has 254 valence electrons. The molecule has 13 nitrogen and oxygen atoms in total. The fourth-order valence-electron chi connectivity index (χ4n) is 9.58. The van der Waals surface area contributed by atoms with Crippen molar-refractivity contribution in [1.82, 2.24) is 0 Å². The first-order chi connectivity index (χ1) is 21.6. The molecular formula is C33H44O13. The van der Waals surface area contributed by atoms with Crippen molar-refractivity contribution < 1.29 is 62.9 Å². The van der Waals surface area contributed by atoms with E-state index in [-0.39, 0.29) is 12.4 Å². The predicted molar refractivity (Wildman–Crippen MR) is 155 cm³/mol. The van der Waals surface area contributed by atoms with Gasteiger partial charge in [-0.05, 0) is 43.2 Å². The summed E-state index contributed by atoms with van der Waals surface area (Å²) in [5.74, 6) is -2.50. The second kappa shape index (κ2) is 10.9. The van der Waals surface area contributed by atoms with Crippen LogP contribution in [0.2, 0.25) is 0 Å². The molecule has 3 aliphatic heterocycles. The molecule has 1 saturated carbocycles. The van der Waals surface area contributed by atoms with Crippen LogP contribution in [0.25, 0.3) is 0 Å². The number of ether oxygens (including phenoxy) is 5. The van der Waals surface area contributed by atoms with Crippen LogP contribution in [0.1, 0.15) is 59.1 Å². The van der Waals surface area contributed by atoms with E-state index >= 15 is 0 Å². The van der Waals surface area contributed by atoms with Crippen molar-refractivity contribution in [3.05, 3.63) is 36.3 Å². The molecule has 0 amide bonds. The molecule has 13 atom stereocenters. The zero-order valence-corrected chi connectivity index (χ0v) is 26.9. The molecule has 4 N–H and O–H groups in total. The second-order valence-electron chi connectivity index (χ2n) is 14.7. The minimum absolute atomic E-state index is 0.162. The lowest BCUT2D eigenvalue weighted by Crippen LogP contribution is -2.69. The highest BCUT2D eigenvalue weighted by Gasteiger charge is 2.88. The number of hydrogen-bond donors (Lipinski definition) is 4. The van der Waals surface area contributed by atoms with E-state index in [1.165, 1.54) is 25.7 Å². The first kappa shape index (κ1) is 33.3. The summed E-state index contributed by atoms with van der Waals surface area (Å²) in [7, 11) is 1.30. The Kier molecular flexibility index (Phi) is 7.91. The molecule has 1 spiro atoms. The molecule has 13 heteroatoms. The Labute approximate surface area is 266 Å². The molecule has 4 heterocycles. The van der Waals surface area contributed by atoms with E-state index < -0.39 is 101 Å². The van der Waals surface area contributed by atoms with Crippen molar-refractivity contribution in [3.63, 3.8) is 0 Å². The summed E-state index contributed by atoms with van der Waals surface area (Å²) >= 11 is 0. The van der Waals surface area contributed by atoms with Gasteiger partial charge in [0.25, 0.3) is 0 Å². The zero-order chi connectivity index (χ0) is 33.6. The van der Waals surface area contributed by atoms with Crippen molar-refractivity contribution in [2.24, 2.45) is 33.5 Å². The number of carbonyl (C=O) groups excluding carboxylic acids is 3. The normalized spacial score (nSPS) is 47.8. The van der Waals surface area contributed by atoms with Gasteiger partial charge in [-0.1, -0.05) is 33.8 Å². The lowest BCUT2D eigenvalue weighted by molar-refractivity contribution is -0.307. The number of cyclic esters (lactones) is 1. The minimum atomic E-state index is -1.64. The van der Waals surface area contributed by atoms with Crippen LogP contribution >= 0.6 is 0 Å². The molecule has 0 aromatic carbocycles. The first-order valence-corrected chi connectivity index (χ1v) is 15.7. The van der Waals surface area contributed by atoms with Crippen molar-refractivity contribution in [1.29, 1.82) is 0 Å². The number of allylic oxidation sites excluding steroid dienone is 2. The van der Waals surface area contributed by atoms with Crippen molar-refractivity contribution in [2.75, 3.05) is 20.3 Å². The maximum Gasteiger partial charge on any atom is 0.339 e. The van der Waals surface area contributed by atoms with Crippen LogP contribution in [0, 0.1) is 33.5 Å². The van der Waals surface area contributed by atoms with Gasteiger partial charge in [0.05, 0.1) is 32.8 Å². The standard InChI is InChI=1S/C33H44O13/c1-29(2)19(15-43-27-23(38)22(37)21(36)17(13-34)44-27)30(3,10-8-20(29)35)18-7-11-31(4)24(16-9-12-42-14-16)45-26(39)25-33(31,46-25)32(18,5)28(40)41-6/h8-10,12,14,17-19,21-25,27,34,36-38H,7,11,13,15H2,1-6H3/t17-,18-,19-,21-,22+,23-,24+,25-,27-,30-,31+,32+,33-/m1/s1. The van der Waals surface area contributed by atoms with Gasteiger partial charge in [-0.3, -0.25) is 9.59 Å². The number of ketones is 1. The van der Waals surface area contributed by atoms with Gasteiger partial charge in [-0.25, -0.2) is 4.79 Å². The van der Waals surface area contributed by atoms with Gasteiger partial charge in [0.2, 0.25) is 0 Å². The highest BCUT2D eigenvalue weighted by atomic mass is 16.7. The van der Waals surface area contributed by atoms with Crippen molar-refractivity contribution >= 4 is 17.7 Å². The fraction of sp³-hybridized carbons (Fsp3) is 0.727. The Morgan fingerprint density at radius 2 is 1.76 bits per heavy atom. The average molecular weight is 649 g/mol. The van der Waals surface area contributed by atoms with E-state index in [1.807, 2.05) is 13.8 Å². The predicted octanol–water partition coefficient (Wildman–Crippen LogP) is 1.21. The van der Waals surface area contributed by atoms with Gasteiger partial charge in [-0.15, -0.1) is 0 Å². The highest BCUT2D eigenvalue weighted by Crippen LogP contribution is 2.77. The van der Waals surface area contributed by atoms with E-state index in [1.54, 1.807) is 32.9 Å². The number of esters is 2. The molecule has 1 aromatic rings. The number of hydrogen-bond acceptors (Lipinski definition) is 13. The Morgan fingerprint density at radius 1 is 1.04 bits per heavy atom. The third-order valence-electron chi connectivity index (χ3n) is 12.2. The largest absolute Gasteiger partial charge is 0.472 e. The third-order valence-corrected chi connectivity index (χ3v) is 12.2. The summed E-state index contributed by atoms with van der Waals surface area (Å²) in [5, 5.41) is 40.9. The van der Waals surface area contributed by atoms with Gasteiger partial charge >= 0.3 is 11.9 Å². The number of aliphatic hydroxyl groups is 4. The first-order valence-electron chi connectivity index (χ1n) is 15.7. The van der Waals surface area contributed by atoms with Gasteiger partial charge in [0.15, 0.2) is 18.2 Å². The van der Waals surface area contributed by atoms with Gasteiger partial charge in [0, 0.05) is 22.3 Å². The molecule has 0 bridgehead atoms. The van der Waals surface area contributed by atoms with Crippen LogP contribution in [-0.2, 0) is 38.1 Å². The summed E-state index contributed by atoms with van der Waals surface area (Å²) in [6.07, 6.45) is -1.92. The topological polar surface area (TPSA) is 195 Å². The zero-order valence-electron chi connectivity index (χ0n) is 26.9. The van der Waals surface area contributed by atoms with E-state index in [0.29, 0.717) is 18.4 Å². The Balaban J connectivity index is 1.41. The SMILES string of the molecule is COC(=O)[C@]1(C)[C@@H]([C@@]2(C)C=CC(=O)C(C)(C)[C@H]2CO[C@@H]2O[C@H](CO)[C@@H](O)[C@H](O)[C@H]2O)CC[C@@]2(C)[C@H](c3ccoc3)OC(=O)[C@H]3O[C@]321. The van der Waals surface area contributed by atoms with Crippen LogP contribution in [0.3, 0.4) is 0 Å². The molecule has 0 unspecified atom stereocenters. The monoisotopic (exact) mass is 648 g/mol. The summed E-state index contributed by atoms with van der Waals surface area (Å²) in [6, 6.07) is 1.73. The van der Waals surface area contributed by atoms with Crippen LogP contribution in [-0.4, -0.2) is 101 Å². The summed E-state index contributed by atoms with van der Waals surface area (Å²) in [4.78, 5) is 41.0. The Bertz CT molecular complexity index is 1400. The lowest BCUT2D eigenvalue weighted by Gasteiger charge is -2.62. The molecule has 46 heavy (non-hydrogen) atoms. The van der Waals surface area contributed by atoms with Gasteiger partial charge in [-0.2, -0.15) is 0 Å². The summed E-state index contributed by atoms with van der Waals surface area (Å²) in [5.41, 5.74) is -4.92. The van der Waals surface area contributed by atoms with E-state index in [0.717, 1.165) is 0 Å². The summed E-state index contributed by atoms with van der Waals surface area (Å²) in [6.45, 7) is 8.44. The van der Waals surface area contributed by atoms with Crippen LogP contribution in [0.15, 0.2) is 35.2 Å². The molecule has 3 saturated heterocycles. The molecule has 0 radical (unpaired) electrons. The number of furan rings is 1. The number of epoxide rings is 1. The average Bonchev–Trinajstić information content (AvgIpc) is 3.59. The highest BCUT2D eigenvalue weighted by molar-refractivity contribution is 5.96. The molecule has 6 rings (SSSR count). The maximum atomic E-state index is 14.2. The van der Waals surface area contributed by atoms with Crippen molar-refractivity contribution in [2.45, 2.75) is 96.0 Å². The third kappa shape index (κ3) is 4.22. The number of rotatable bonds is 7. The van der Waals surface area contributed by atoms with Gasteiger partial charge < -0.3 is 48.5 Å². The van der Waals surface area contributed by atoms with Crippen molar-refractivity contribution in [3.8, 4) is 0 Å². The lowest BCUT2D eigenvalue weighted by atomic mass is 9.40. The molecule has 1 aromatic heterocycles. The van der Waals surface area contributed by atoms with Crippen LogP contribution in [0.5, 0.6) is 0 Å². The summed E-state index contributed by atoms with van der Waals surface area (Å²) < 4.78 is 34.8. The van der Waals surface area contributed by atoms with Gasteiger partial charge in [0.1, 0.15) is 41.5 Å². The minimum Gasteiger partial charge on any atom is -0.472 e. The molecule has 2 aliphatic carbocycles. The number of carbonyl (C=O) groups is 3. The van der Waals surface area contributed by atoms with E-state index in [4.69, 9.17) is 28.1 Å². The Hall–Kier alpha value is -2.65. The van der Waals surface area contributed by atoms with E-state index in [2.05, 4.69) is 0 Å².